The van der Waals surface area contributed by atoms with Gasteiger partial charge in [0, 0.05) is 26.8 Å². The van der Waals surface area contributed by atoms with Gasteiger partial charge in [-0.3, -0.25) is 0 Å². The number of halogens is 1. The average Bonchev–Trinajstić information content (AvgIpc) is 2.66. The van der Waals surface area contributed by atoms with Gasteiger partial charge in [0.2, 0.25) is 0 Å². The Bertz CT molecular complexity index is 667. The summed E-state index contributed by atoms with van der Waals surface area (Å²) in [5.41, 5.74) is 3.68. The van der Waals surface area contributed by atoms with Crippen LogP contribution in [-0.2, 0) is 6.42 Å². The van der Waals surface area contributed by atoms with Gasteiger partial charge in [0.15, 0.2) is 0 Å². The largest absolute Gasteiger partial charge is 0.355 e. The molecule has 0 fully saturated rings. The van der Waals surface area contributed by atoms with Gasteiger partial charge in [-0.2, -0.15) is 0 Å². The van der Waals surface area contributed by atoms with Crippen molar-refractivity contribution in [1.29, 1.82) is 0 Å². The van der Waals surface area contributed by atoms with Crippen molar-refractivity contribution in [3.8, 4) is 0 Å². The quantitative estimate of drug-likeness (QED) is 0.631. The molecule has 0 aliphatic heterocycles. The number of rotatable bonds is 1. The maximum Gasteiger partial charge on any atom is 0.0465 e. The third kappa shape index (κ3) is 1.40. The van der Waals surface area contributed by atoms with E-state index in [-0.39, 0.29) is 0 Å². The minimum atomic E-state index is 0.787. The fraction of sp³-hybridized carbons (Fsp3) is 0.143. The molecule has 0 bridgehead atoms. The van der Waals surface area contributed by atoms with Crippen molar-refractivity contribution < 1.29 is 0 Å². The SMILES string of the molecule is CCc1ccc2[nH]c3ccc(Cl)cc3c2c1. The fourth-order valence-corrected chi connectivity index (χ4v) is 2.31. The van der Waals surface area contributed by atoms with Gasteiger partial charge in [-0.25, -0.2) is 0 Å². The molecular formula is C14H12ClN. The van der Waals surface area contributed by atoms with E-state index in [2.05, 4.69) is 30.1 Å². The standard InChI is InChI=1S/C14H12ClN/c1-2-9-3-5-13-11(7-9)12-8-10(15)4-6-14(12)16-13/h3-8,16H,2H2,1H3. The minimum Gasteiger partial charge on any atom is -0.355 e. The molecule has 0 aliphatic rings. The van der Waals surface area contributed by atoms with E-state index in [0.29, 0.717) is 0 Å². The third-order valence-electron chi connectivity index (χ3n) is 3.03. The number of aromatic amines is 1. The Labute approximate surface area is 99.0 Å². The topological polar surface area (TPSA) is 15.8 Å². The molecule has 0 atom stereocenters. The summed E-state index contributed by atoms with van der Waals surface area (Å²) in [7, 11) is 0. The summed E-state index contributed by atoms with van der Waals surface area (Å²) in [5.74, 6) is 0. The first kappa shape index (κ1) is 9.73. The van der Waals surface area contributed by atoms with Crippen LogP contribution in [0, 0.1) is 0 Å². The zero-order chi connectivity index (χ0) is 11.1. The van der Waals surface area contributed by atoms with Crippen LogP contribution >= 0.6 is 11.6 Å². The van der Waals surface area contributed by atoms with Gasteiger partial charge in [-0.1, -0.05) is 24.6 Å². The Hall–Kier alpha value is -1.47. The first-order chi connectivity index (χ1) is 7.78. The smallest absolute Gasteiger partial charge is 0.0465 e. The molecule has 1 nitrogen and oxygen atoms in total. The van der Waals surface area contributed by atoms with Crippen LogP contribution in [0.25, 0.3) is 21.8 Å². The van der Waals surface area contributed by atoms with Crippen LogP contribution in [0.3, 0.4) is 0 Å². The van der Waals surface area contributed by atoms with Crippen LogP contribution in [0.4, 0.5) is 0 Å². The number of hydrogen-bond acceptors (Lipinski definition) is 0. The van der Waals surface area contributed by atoms with Crippen LogP contribution < -0.4 is 0 Å². The molecule has 2 aromatic carbocycles. The van der Waals surface area contributed by atoms with Gasteiger partial charge < -0.3 is 4.98 Å². The highest BCUT2D eigenvalue weighted by Gasteiger charge is 2.04. The van der Waals surface area contributed by atoms with Crippen LogP contribution in [0.5, 0.6) is 0 Å². The van der Waals surface area contributed by atoms with E-state index < -0.39 is 0 Å². The molecule has 0 aliphatic carbocycles. The maximum atomic E-state index is 6.04. The maximum absolute atomic E-state index is 6.04. The van der Waals surface area contributed by atoms with E-state index in [9.17, 15) is 0 Å². The van der Waals surface area contributed by atoms with Crippen LogP contribution in [-0.4, -0.2) is 4.98 Å². The number of aryl methyl sites for hydroxylation is 1. The predicted molar refractivity (Wildman–Crippen MR) is 70.2 cm³/mol. The van der Waals surface area contributed by atoms with E-state index in [1.165, 1.54) is 21.9 Å². The summed E-state index contributed by atoms with van der Waals surface area (Å²) in [6.07, 6.45) is 1.06. The van der Waals surface area contributed by atoms with Gasteiger partial charge in [0.05, 0.1) is 0 Å². The second-order valence-electron chi connectivity index (χ2n) is 4.05. The van der Waals surface area contributed by atoms with E-state index in [4.69, 9.17) is 11.6 Å². The summed E-state index contributed by atoms with van der Waals surface area (Å²) in [6.45, 7) is 2.17. The number of aromatic nitrogens is 1. The van der Waals surface area contributed by atoms with Crippen molar-refractivity contribution in [2.24, 2.45) is 0 Å². The first-order valence-electron chi connectivity index (χ1n) is 5.48. The molecule has 16 heavy (non-hydrogen) atoms. The Morgan fingerprint density at radius 3 is 2.44 bits per heavy atom. The number of hydrogen-bond donors (Lipinski definition) is 1. The van der Waals surface area contributed by atoms with Crippen molar-refractivity contribution in [2.75, 3.05) is 0 Å². The molecule has 0 spiro atoms. The van der Waals surface area contributed by atoms with Gasteiger partial charge in [-0.05, 0) is 42.3 Å². The summed E-state index contributed by atoms with van der Waals surface area (Å²) >= 11 is 6.04. The van der Waals surface area contributed by atoms with Crippen molar-refractivity contribution in [1.82, 2.24) is 4.98 Å². The van der Waals surface area contributed by atoms with Gasteiger partial charge in [0.25, 0.3) is 0 Å². The predicted octanol–water partition coefficient (Wildman–Crippen LogP) is 4.54. The summed E-state index contributed by atoms with van der Waals surface area (Å²) in [4.78, 5) is 3.40. The molecule has 3 rings (SSSR count). The van der Waals surface area contributed by atoms with E-state index in [0.717, 1.165) is 17.0 Å². The molecule has 2 heteroatoms. The molecule has 1 heterocycles. The molecule has 0 saturated carbocycles. The Balaban J connectivity index is 2.44. The van der Waals surface area contributed by atoms with Gasteiger partial charge >= 0.3 is 0 Å². The summed E-state index contributed by atoms with van der Waals surface area (Å²) < 4.78 is 0. The normalized spacial score (nSPS) is 11.4. The second-order valence-corrected chi connectivity index (χ2v) is 4.48. The Morgan fingerprint density at radius 2 is 1.69 bits per heavy atom. The van der Waals surface area contributed by atoms with E-state index in [1.54, 1.807) is 0 Å². The molecule has 0 unspecified atom stereocenters. The molecule has 3 aromatic rings. The zero-order valence-electron chi connectivity index (χ0n) is 9.05. The number of benzene rings is 2. The lowest BCUT2D eigenvalue weighted by atomic mass is 10.1. The highest BCUT2D eigenvalue weighted by Crippen LogP contribution is 2.28. The molecule has 0 radical (unpaired) electrons. The Kier molecular flexibility index (Phi) is 2.15. The number of fused-ring (bicyclic) bond motifs is 3. The average molecular weight is 230 g/mol. The number of nitrogens with one attached hydrogen (secondary N) is 1. The van der Waals surface area contributed by atoms with E-state index >= 15 is 0 Å². The molecule has 0 saturated heterocycles. The molecule has 80 valence electrons. The monoisotopic (exact) mass is 229 g/mol. The zero-order valence-corrected chi connectivity index (χ0v) is 9.81. The van der Waals surface area contributed by atoms with Crippen molar-refractivity contribution in [3.63, 3.8) is 0 Å². The molecule has 1 aromatic heterocycles. The van der Waals surface area contributed by atoms with Crippen LogP contribution in [0.2, 0.25) is 5.02 Å². The summed E-state index contributed by atoms with van der Waals surface area (Å²) in [6, 6.07) is 12.5. The molecule has 0 amide bonds. The van der Waals surface area contributed by atoms with Crippen LogP contribution in [0.15, 0.2) is 36.4 Å². The minimum absolute atomic E-state index is 0.787. The van der Waals surface area contributed by atoms with Crippen molar-refractivity contribution in [2.45, 2.75) is 13.3 Å². The highest BCUT2D eigenvalue weighted by molar-refractivity contribution is 6.31. The lowest BCUT2D eigenvalue weighted by Crippen LogP contribution is -1.77. The Morgan fingerprint density at radius 1 is 1.00 bits per heavy atom. The highest BCUT2D eigenvalue weighted by atomic mass is 35.5. The third-order valence-corrected chi connectivity index (χ3v) is 3.27. The number of H-pyrrole nitrogens is 1. The molecule has 1 N–H and O–H groups in total. The fourth-order valence-electron chi connectivity index (χ4n) is 2.14. The van der Waals surface area contributed by atoms with Crippen LogP contribution in [0.1, 0.15) is 12.5 Å². The summed E-state index contributed by atoms with van der Waals surface area (Å²) in [5, 5.41) is 3.25. The van der Waals surface area contributed by atoms with Crippen molar-refractivity contribution >= 4 is 33.4 Å². The lowest BCUT2D eigenvalue weighted by Gasteiger charge is -1.96. The second kappa shape index (κ2) is 3.53. The first-order valence-corrected chi connectivity index (χ1v) is 5.85. The lowest BCUT2D eigenvalue weighted by molar-refractivity contribution is 1.15. The van der Waals surface area contributed by atoms with E-state index in [1.807, 2.05) is 18.2 Å². The van der Waals surface area contributed by atoms with Gasteiger partial charge in [-0.15, -0.1) is 0 Å². The van der Waals surface area contributed by atoms with Crippen molar-refractivity contribution in [3.05, 3.63) is 47.0 Å². The molecular weight excluding hydrogens is 218 g/mol. The van der Waals surface area contributed by atoms with Gasteiger partial charge in [0.1, 0.15) is 0 Å².